The number of hydrogen-bond donors (Lipinski definition) is 0. The highest BCUT2D eigenvalue weighted by atomic mass is 35.5. The maximum absolute atomic E-state index is 11.8. The summed E-state index contributed by atoms with van der Waals surface area (Å²) in [5, 5.41) is 0.698. The van der Waals surface area contributed by atoms with Crippen LogP contribution in [0.4, 0.5) is 0 Å². The summed E-state index contributed by atoms with van der Waals surface area (Å²) in [5.74, 6) is -0.181. The molecule has 0 aromatic heterocycles. The number of hydrogen-bond acceptors (Lipinski definition) is 3. The van der Waals surface area contributed by atoms with Gasteiger partial charge in [0, 0.05) is 11.1 Å². The van der Waals surface area contributed by atoms with Crippen molar-refractivity contribution in [1.82, 2.24) is 4.90 Å². The Morgan fingerprint density at radius 3 is 2.42 bits per heavy atom. The van der Waals surface area contributed by atoms with Crippen LogP contribution in [0.25, 0.3) is 0 Å². The Kier molecular flexibility index (Phi) is 6.89. The van der Waals surface area contributed by atoms with Gasteiger partial charge in [0.2, 0.25) is 0 Å². The van der Waals surface area contributed by atoms with Gasteiger partial charge in [0.05, 0.1) is 13.0 Å². The second-order valence-corrected chi connectivity index (χ2v) is 4.67. The van der Waals surface area contributed by atoms with Crippen LogP contribution in [-0.4, -0.2) is 30.6 Å². The average Bonchev–Trinajstić information content (AvgIpc) is 2.40. The molecule has 0 spiro atoms. The maximum atomic E-state index is 11.8. The summed E-state index contributed by atoms with van der Waals surface area (Å²) in [5.41, 5.74) is 0.987. The van der Waals surface area contributed by atoms with E-state index in [0.717, 1.165) is 18.7 Å². The third-order valence-electron chi connectivity index (χ3n) is 3.18. The lowest BCUT2D eigenvalue weighted by molar-refractivity contribution is -0.144. The number of halogens is 1. The van der Waals surface area contributed by atoms with Gasteiger partial charge in [-0.2, -0.15) is 0 Å². The van der Waals surface area contributed by atoms with Crippen molar-refractivity contribution in [1.29, 1.82) is 0 Å². The van der Waals surface area contributed by atoms with E-state index in [4.69, 9.17) is 16.3 Å². The zero-order valence-electron chi connectivity index (χ0n) is 11.9. The zero-order valence-corrected chi connectivity index (χ0v) is 12.6. The van der Waals surface area contributed by atoms with Gasteiger partial charge in [-0.3, -0.25) is 9.69 Å². The second-order valence-electron chi connectivity index (χ2n) is 4.27. The summed E-state index contributed by atoms with van der Waals surface area (Å²) in [6.45, 7) is 8.13. The summed E-state index contributed by atoms with van der Waals surface area (Å²) in [6.07, 6.45) is 0.333. The molecule has 1 atom stereocenters. The van der Waals surface area contributed by atoms with Crippen LogP contribution in [-0.2, 0) is 9.53 Å². The summed E-state index contributed by atoms with van der Waals surface area (Å²) >= 11 is 6.26. The summed E-state index contributed by atoms with van der Waals surface area (Å²) in [7, 11) is 0. The van der Waals surface area contributed by atoms with Gasteiger partial charge in [0.25, 0.3) is 0 Å². The summed E-state index contributed by atoms with van der Waals surface area (Å²) in [6, 6.07) is 7.66. The molecule has 1 aromatic carbocycles. The van der Waals surface area contributed by atoms with Gasteiger partial charge in [-0.15, -0.1) is 0 Å². The number of carbonyl (C=O) groups excluding carboxylic acids is 1. The van der Waals surface area contributed by atoms with Gasteiger partial charge in [0.1, 0.15) is 0 Å². The van der Waals surface area contributed by atoms with E-state index in [1.54, 1.807) is 0 Å². The van der Waals surface area contributed by atoms with E-state index in [1.807, 2.05) is 31.2 Å². The van der Waals surface area contributed by atoms with Crippen LogP contribution in [0.1, 0.15) is 38.8 Å². The van der Waals surface area contributed by atoms with E-state index < -0.39 is 0 Å². The molecule has 3 nitrogen and oxygen atoms in total. The lowest BCUT2D eigenvalue weighted by Gasteiger charge is -2.30. The van der Waals surface area contributed by atoms with Crippen LogP contribution >= 0.6 is 11.6 Å². The molecule has 0 aliphatic carbocycles. The first-order chi connectivity index (χ1) is 9.13. The normalized spacial score (nSPS) is 12.5. The fourth-order valence-corrected chi connectivity index (χ4v) is 2.48. The number of carbonyl (C=O) groups is 1. The predicted molar refractivity (Wildman–Crippen MR) is 78.4 cm³/mol. The highest BCUT2D eigenvalue weighted by Crippen LogP contribution is 2.30. The van der Waals surface area contributed by atoms with Gasteiger partial charge >= 0.3 is 5.97 Å². The van der Waals surface area contributed by atoms with Crippen molar-refractivity contribution < 1.29 is 9.53 Å². The Morgan fingerprint density at radius 1 is 1.26 bits per heavy atom. The van der Waals surface area contributed by atoms with E-state index in [9.17, 15) is 4.79 Å². The van der Waals surface area contributed by atoms with Crippen molar-refractivity contribution in [2.75, 3.05) is 19.7 Å². The quantitative estimate of drug-likeness (QED) is 0.715. The topological polar surface area (TPSA) is 29.5 Å². The third kappa shape index (κ3) is 4.51. The first-order valence-electron chi connectivity index (χ1n) is 6.78. The second kappa shape index (κ2) is 8.18. The molecule has 1 unspecified atom stereocenters. The molecule has 0 saturated carbocycles. The molecule has 0 heterocycles. The van der Waals surface area contributed by atoms with Gasteiger partial charge in [0.15, 0.2) is 0 Å². The fraction of sp³-hybridized carbons (Fsp3) is 0.533. The molecule has 0 bridgehead atoms. The van der Waals surface area contributed by atoms with Crippen LogP contribution in [0.15, 0.2) is 24.3 Å². The molecule has 0 amide bonds. The van der Waals surface area contributed by atoms with Crippen molar-refractivity contribution in [2.24, 2.45) is 0 Å². The average molecular weight is 284 g/mol. The molecule has 0 fully saturated rings. The van der Waals surface area contributed by atoms with Crippen molar-refractivity contribution >= 4 is 17.6 Å². The van der Waals surface area contributed by atoms with Gasteiger partial charge in [-0.1, -0.05) is 43.6 Å². The largest absolute Gasteiger partial charge is 0.466 e. The third-order valence-corrected chi connectivity index (χ3v) is 3.53. The van der Waals surface area contributed by atoms with Crippen molar-refractivity contribution in [3.8, 4) is 0 Å². The molecule has 0 radical (unpaired) electrons. The molecule has 1 rings (SSSR count). The molecular formula is C15H22ClNO2. The van der Waals surface area contributed by atoms with Crippen LogP contribution in [0.2, 0.25) is 5.02 Å². The number of benzene rings is 1. The van der Waals surface area contributed by atoms with E-state index in [2.05, 4.69) is 18.7 Å². The molecule has 1 aromatic rings. The molecule has 19 heavy (non-hydrogen) atoms. The molecule has 4 heteroatoms. The predicted octanol–water partition coefficient (Wildman–Crippen LogP) is 3.68. The van der Waals surface area contributed by atoms with E-state index >= 15 is 0 Å². The van der Waals surface area contributed by atoms with Crippen LogP contribution in [0.3, 0.4) is 0 Å². The lowest BCUT2D eigenvalue weighted by atomic mass is 10.0. The highest BCUT2D eigenvalue weighted by Gasteiger charge is 2.23. The minimum absolute atomic E-state index is 0.0252. The Morgan fingerprint density at radius 2 is 1.89 bits per heavy atom. The number of rotatable bonds is 7. The molecule has 0 N–H and O–H groups in total. The molecular weight excluding hydrogens is 262 g/mol. The first-order valence-corrected chi connectivity index (χ1v) is 7.15. The van der Waals surface area contributed by atoms with Gasteiger partial charge in [-0.05, 0) is 31.6 Å². The van der Waals surface area contributed by atoms with Crippen molar-refractivity contribution in [3.63, 3.8) is 0 Å². The molecule has 0 saturated heterocycles. The SMILES string of the molecule is CCOC(=O)CC(c1ccccc1Cl)N(CC)CC. The molecule has 0 aliphatic rings. The number of ether oxygens (including phenoxy) is 1. The van der Waals surface area contributed by atoms with Crippen LogP contribution in [0, 0.1) is 0 Å². The van der Waals surface area contributed by atoms with E-state index in [-0.39, 0.29) is 12.0 Å². The zero-order chi connectivity index (χ0) is 14.3. The van der Waals surface area contributed by atoms with E-state index in [1.165, 1.54) is 0 Å². The minimum Gasteiger partial charge on any atom is -0.466 e. The van der Waals surface area contributed by atoms with Gasteiger partial charge in [-0.25, -0.2) is 0 Å². The number of nitrogens with zero attached hydrogens (tertiary/aromatic N) is 1. The Bertz CT molecular complexity index is 405. The smallest absolute Gasteiger partial charge is 0.307 e. The highest BCUT2D eigenvalue weighted by molar-refractivity contribution is 6.31. The van der Waals surface area contributed by atoms with Crippen LogP contribution in [0.5, 0.6) is 0 Å². The van der Waals surface area contributed by atoms with Crippen molar-refractivity contribution in [2.45, 2.75) is 33.2 Å². The standard InChI is InChI=1S/C15H22ClNO2/c1-4-17(5-2)14(11-15(18)19-6-3)12-9-7-8-10-13(12)16/h7-10,14H,4-6,11H2,1-3H3. The Hall–Kier alpha value is -1.06. The fourth-order valence-electron chi connectivity index (χ4n) is 2.22. The van der Waals surface area contributed by atoms with Gasteiger partial charge < -0.3 is 4.74 Å². The monoisotopic (exact) mass is 283 g/mol. The van der Waals surface area contributed by atoms with E-state index in [0.29, 0.717) is 18.1 Å². The maximum Gasteiger partial charge on any atom is 0.307 e. The Labute approximate surface area is 120 Å². The lowest BCUT2D eigenvalue weighted by Crippen LogP contribution is -2.30. The molecule has 106 valence electrons. The Balaban J connectivity index is 2.98. The van der Waals surface area contributed by atoms with Crippen LogP contribution < -0.4 is 0 Å². The first kappa shape index (κ1) is 16.0. The molecule has 0 aliphatic heterocycles. The number of esters is 1. The minimum atomic E-state index is -0.181. The van der Waals surface area contributed by atoms with Crippen molar-refractivity contribution in [3.05, 3.63) is 34.9 Å². The summed E-state index contributed by atoms with van der Waals surface area (Å²) in [4.78, 5) is 14.0. The summed E-state index contributed by atoms with van der Waals surface area (Å²) < 4.78 is 5.06.